The van der Waals surface area contributed by atoms with Gasteiger partial charge in [0, 0.05) is 17.2 Å². The quantitative estimate of drug-likeness (QED) is 0.0311. The Balaban J connectivity index is 1.06. The van der Waals surface area contributed by atoms with Crippen LogP contribution in [0, 0.1) is 0 Å². The minimum absolute atomic E-state index is 0.243. The molecule has 338 valence electrons. The molecule has 0 amide bonds. The highest BCUT2D eigenvalue weighted by atomic mass is 16.5. The number of phenols is 1. The van der Waals surface area contributed by atoms with Crippen LogP contribution in [0.3, 0.4) is 0 Å². The number of rotatable bonds is 24. The van der Waals surface area contributed by atoms with Crippen molar-refractivity contribution < 1.29 is 52.7 Å². The molecule has 63 heavy (non-hydrogen) atoms. The number of carbonyl (C=O) groups excluding carboxylic acids is 4. The van der Waals surface area contributed by atoms with Gasteiger partial charge in [-0.05, 0) is 134 Å². The molecule has 4 rings (SSSR count). The summed E-state index contributed by atoms with van der Waals surface area (Å²) in [7, 11) is 0. The zero-order valence-corrected chi connectivity index (χ0v) is 37.8. The van der Waals surface area contributed by atoms with E-state index in [1.54, 1.807) is 84.9 Å². The summed E-state index contributed by atoms with van der Waals surface area (Å²) in [6.45, 7) is 17.3. The Morgan fingerprint density at radius 2 is 0.825 bits per heavy atom. The number of unbranched alkanes of at least 4 members (excludes halogenated alkanes) is 8. The van der Waals surface area contributed by atoms with Crippen molar-refractivity contribution in [1.82, 2.24) is 0 Å². The summed E-state index contributed by atoms with van der Waals surface area (Å²) >= 11 is 0. The largest absolute Gasteiger partial charge is 0.507 e. The Bertz CT molecular complexity index is 2050. The monoisotopic (exact) mass is 864 g/mol. The molecule has 1 N–H and O–H groups in total. The fourth-order valence-electron chi connectivity index (χ4n) is 6.51. The van der Waals surface area contributed by atoms with Gasteiger partial charge in [0.2, 0.25) is 0 Å². The average molecular weight is 865 g/mol. The van der Waals surface area contributed by atoms with Crippen LogP contribution in [-0.2, 0) is 25.1 Å². The first kappa shape index (κ1) is 49.6. The maximum atomic E-state index is 12.9. The van der Waals surface area contributed by atoms with Gasteiger partial charge in [0.05, 0.1) is 43.1 Å². The van der Waals surface area contributed by atoms with Crippen molar-refractivity contribution in [2.75, 3.05) is 26.4 Å². The van der Waals surface area contributed by atoms with Crippen LogP contribution in [0.5, 0.6) is 28.7 Å². The van der Waals surface area contributed by atoms with E-state index in [-0.39, 0.29) is 22.5 Å². The van der Waals surface area contributed by atoms with Crippen LogP contribution in [0.15, 0.2) is 97.6 Å². The van der Waals surface area contributed by atoms with Crippen LogP contribution < -0.4 is 18.9 Å². The minimum atomic E-state index is -0.532. The molecule has 0 aliphatic rings. The third-order valence-corrected chi connectivity index (χ3v) is 10.1. The molecule has 4 aromatic carbocycles. The van der Waals surface area contributed by atoms with Crippen molar-refractivity contribution in [2.24, 2.45) is 0 Å². The number of esters is 4. The molecule has 11 heteroatoms. The minimum Gasteiger partial charge on any atom is -0.507 e. The third kappa shape index (κ3) is 16.9. The van der Waals surface area contributed by atoms with Gasteiger partial charge in [-0.15, -0.1) is 0 Å². The number of phenolic OH excluding ortho intramolecular Hbond substituents is 1. The van der Waals surface area contributed by atoms with E-state index in [4.69, 9.17) is 28.4 Å². The maximum Gasteiger partial charge on any atom is 0.343 e. The lowest BCUT2D eigenvalue weighted by molar-refractivity contribution is -0.137. The Kier molecular flexibility index (Phi) is 19.3. The summed E-state index contributed by atoms with van der Waals surface area (Å²) < 4.78 is 33.2. The van der Waals surface area contributed by atoms with Gasteiger partial charge < -0.3 is 33.5 Å². The number of benzene rings is 4. The molecule has 0 atom stereocenters. The predicted octanol–water partition coefficient (Wildman–Crippen LogP) is 11.7. The summed E-state index contributed by atoms with van der Waals surface area (Å²) in [5.41, 5.74) is 2.03. The van der Waals surface area contributed by atoms with Crippen molar-refractivity contribution in [2.45, 2.75) is 117 Å². The molecule has 0 bridgehead atoms. The first-order chi connectivity index (χ1) is 30.0. The fraction of sp³-hybridized carbons (Fsp3) is 0.423. The van der Waals surface area contributed by atoms with Gasteiger partial charge in [-0.3, -0.25) is 0 Å². The summed E-state index contributed by atoms with van der Waals surface area (Å²) in [6, 6.07) is 23.2. The smallest absolute Gasteiger partial charge is 0.343 e. The predicted molar refractivity (Wildman–Crippen MR) is 243 cm³/mol. The molecule has 4 aromatic rings. The second-order valence-electron chi connectivity index (χ2n) is 17.5. The Morgan fingerprint density at radius 3 is 1.21 bits per heavy atom. The standard InChI is InChI=1S/C52H64O11/c1-8-46(53)60-33-17-14-13-16-32-59-41-25-21-38(22-26-41)50(57)63-43-29-27-42(28-30-43)62-49(56)37-19-23-40(24-20-37)58-31-15-11-9-10-12-18-34-61-48(55)39-35-44(51(2,3)4)47(54)45(36-39)52(5,6)7/h8,19-30,35-36,54H,1,9-18,31-34H2,2-7H3. The van der Waals surface area contributed by atoms with Gasteiger partial charge in [0.15, 0.2) is 0 Å². The molecule has 0 unspecified atom stereocenters. The molecule has 0 saturated carbocycles. The van der Waals surface area contributed by atoms with Gasteiger partial charge in [0.1, 0.15) is 28.7 Å². The van der Waals surface area contributed by atoms with Gasteiger partial charge in [-0.25, -0.2) is 19.2 Å². The highest BCUT2D eigenvalue weighted by Crippen LogP contribution is 2.40. The molecule has 0 fully saturated rings. The molecule has 0 saturated heterocycles. The van der Waals surface area contributed by atoms with Crippen LogP contribution in [0.1, 0.15) is 148 Å². The first-order valence-electron chi connectivity index (χ1n) is 21.9. The van der Waals surface area contributed by atoms with E-state index in [0.29, 0.717) is 66.1 Å². The number of hydrogen-bond acceptors (Lipinski definition) is 11. The van der Waals surface area contributed by atoms with Crippen molar-refractivity contribution in [3.8, 4) is 28.7 Å². The number of carbonyl (C=O) groups is 4. The van der Waals surface area contributed by atoms with E-state index in [1.807, 2.05) is 41.5 Å². The summed E-state index contributed by atoms with van der Waals surface area (Å²) in [4.78, 5) is 49.5. The van der Waals surface area contributed by atoms with E-state index in [1.165, 1.54) is 0 Å². The second kappa shape index (κ2) is 24.5. The average Bonchev–Trinajstić information content (AvgIpc) is 3.25. The zero-order valence-electron chi connectivity index (χ0n) is 37.8. The van der Waals surface area contributed by atoms with Crippen LogP contribution in [0.25, 0.3) is 0 Å². The lowest BCUT2D eigenvalue weighted by Crippen LogP contribution is -2.19. The van der Waals surface area contributed by atoms with Crippen LogP contribution in [0.2, 0.25) is 0 Å². The van der Waals surface area contributed by atoms with E-state index in [2.05, 4.69) is 6.58 Å². The number of hydrogen-bond donors (Lipinski definition) is 1. The molecule has 0 aromatic heterocycles. The Hall–Kier alpha value is -6.10. The SMILES string of the molecule is C=CC(=O)OCCCCCCOc1ccc(C(=O)Oc2ccc(OC(=O)c3ccc(OCCCCCCCCOC(=O)c4cc(C(C)(C)C)c(O)c(C(C)(C)C)c4)cc3)cc2)cc1. The fourth-order valence-corrected chi connectivity index (χ4v) is 6.51. The Morgan fingerprint density at radius 1 is 0.476 bits per heavy atom. The van der Waals surface area contributed by atoms with Gasteiger partial charge in [-0.1, -0.05) is 73.8 Å². The first-order valence-corrected chi connectivity index (χ1v) is 21.9. The maximum absolute atomic E-state index is 12.9. The third-order valence-electron chi connectivity index (χ3n) is 10.1. The number of aromatic hydroxyl groups is 1. The van der Waals surface area contributed by atoms with Gasteiger partial charge in [-0.2, -0.15) is 0 Å². The van der Waals surface area contributed by atoms with Crippen LogP contribution in [-0.4, -0.2) is 55.4 Å². The lowest BCUT2D eigenvalue weighted by Gasteiger charge is -2.28. The summed E-state index contributed by atoms with van der Waals surface area (Å²) in [5, 5.41) is 10.9. The normalized spacial score (nSPS) is 11.3. The van der Waals surface area contributed by atoms with Crippen molar-refractivity contribution in [1.29, 1.82) is 0 Å². The second-order valence-corrected chi connectivity index (χ2v) is 17.5. The van der Waals surface area contributed by atoms with E-state index >= 15 is 0 Å². The van der Waals surface area contributed by atoms with Gasteiger partial charge >= 0.3 is 23.9 Å². The van der Waals surface area contributed by atoms with Crippen molar-refractivity contribution in [3.05, 3.63) is 125 Å². The summed E-state index contributed by atoms with van der Waals surface area (Å²) in [5.74, 6) is 0.321. The molecule has 11 nitrogen and oxygen atoms in total. The lowest BCUT2D eigenvalue weighted by atomic mass is 9.78. The molecule has 0 aliphatic carbocycles. The molecule has 0 heterocycles. The van der Waals surface area contributed by atoms with E-state index in [9.17, 15) is 24.3 Å². The van der Waals surface area contributed by atoms with Crippen LogP contribution in [0.4, 0.5) is 0 Å². The molecular formula is C52H64O11. The highest BCUT2D eigenvalue weighted by molar-refractivity contribution is 5.92. The Labute approximate surface area is 372 Å². The van der Waals surface area contributed by atoms with Crippen molar-refractivity contribution in [3.63, 3.8) is 0 Å². The molecule has 0 spiro atoms. The number of ether oxygens (including phenoxy) is 6. The molecular weight excluding hydrogens is 801 g/mol. The molecule has 0 radical (unpaired) electrons. The molecule has 0 aliphatic heterocycles. The van der Waals surface area contributed by atoms with Gasteiger partial charge in [0.25, 0.3) is 0 Å². The van der Waals surface area contributed by atoms with Crippen molar-refractivity contribution >= 4 is 23.9 Å². The van der Waals surface area contributed by atoms with E-state index in [0.717, 1.165) is 81.4 Å². The van der Waals surface area contributed by atoms with Crippen LogP contribution >= 0.6 is 0 Å². The van der Waals surface area contributed by atoms with E-state index < -0.39 is 17.9 Å². The topological polar surface area (TPSA) is 144 Å². The zero-order chi connectivity index (χ0) is 45.8. The summed E-state index contributed by atoms with van der Waals surface area (Å²) in [6.07, 6.45) is 10.4. The highest BCUT2D eigenvalue weighted by Gasteiger charge is 2.28.